The highest BCUT2D eigenvalue weighted by molar-refractivity contribution is 6.04. The van der Waals surface area contributed by atoms with Gasteiger partial charge in [0, 0.05) is 19.0 Å². The van der Waals surface area contributed by atoms with Crippen molar-refractivity contribution in [2.45, 2.75) is 51.2 Å². The number of imide groups is 1. The summed E-state index contributed by atoms with van der Waals surface area (Å²) in [6.07, 6.45) is 2.73. The van der Waals surface area contributed by atoms with Gasteiger partial charge in [0.2, 0.25) is 5.91 Å². The fourth-order valence-corrected chi connectivity index (χ4v) is 4.22. The van der Waals surface area contributed by atoms with Crippen molar-refractivity contribution in [2.24, 2.45) is 0 Å². The number of methoxy groups -OCH3 is 2. The maximum Gasteiger partial charge on any atom is 0.325 e. The predicted molar refractivity (Wildman–Crippen MR) is 115 cm³/mol. The first-order valence-corrected chi connectivity index (χ1v) is 10.8. The minimum absolute atomic E-state index is 0.0941. The minimum atomic E-state index is -0.683. The zero-order valence-corrected chi connectivity index (χ0v) is 18.5. The normalized spacial score (nSPS) is 21.3. The molecule has 2 aliphatic rings. The highest BCUT2D eigenvalue weighted by Crippen LogP contribution is 2.28. The van der Waals surface area contributed by atoms with Crippen LogP contribution in [0.4, 0.5) is 4.79 Å². The number of carbonyl (C=O) groups is 3. The van der Waals surface area contributed by atoms with E-state index in [-0.39, 0.29) is 31.2 Å². The lowest BCUT2D eigenvalue weighted by Gasteiger charge is -2.22. The second-order valence-corrected chi connectivity index (χ2v) is 7.88. The van der Waals surface area contributed by atoms with Crippen LogP contribution in [-0.2, 0) is 16.1 Å². The molecule has 9 heteroatoms. The van der Waals surface area contributed by atoms with Crippen LogP contribution in [0.5, 0.6) is 11.5 Å². The van der Waals surface area contributed by atoms with Crippen molar-refractivity contribution in [3.63, 3.8) is 0 Å². The molecule has 0 aromatic heterocycles. The van der Waals surface area contributed by atoms with Crippen molar-refractivity contribution in [1.29, 1.82) is 0 Å². The Morgan fingerprint density at radius 1 is 1.23 bits per heavy atom. The van der Waals surface area contributed by atoms with E-state index < -0.39 is 12.1 Å². The number of carbonyl (C=O) groups excluding carboxylic acids is 3. The summed E-state index contributed by atoms with van der Waals surface area (Å²) < 4.78 is 10.5. The summed E-state index contributed by atoms with van der Waals surface area (Å²) in [6, 6.07) is 4.51. The summed E-state index contributed by atoms with van der Waals surface area (Å²) >= 11 is 0. The lowest BCUT2D eigenvalue weighted by molar-refractivity contribution is -0.128. The Balaban J connectivity index is 1.49. The van der Waals surface area contributed by atoms with Crippen LogP contribution in [0.25, 0.3) is 0 Å². The topological polar surface area (TPSA) is 100 Å². The highest BCUT2D eigenvalue weighted by atomic mass is 16.5. The smallest absolute Gasteiger partial charge is 0.325 e. The first kappa shape index (κ1) is 22.9. The molecule has 2 saturated heterocycles. The lowest BCUT2D eigenvalue weighted by Crippen LogP contribution is -2.40. The van der Waals surface area contributed by atoms with Crippen molar-refractivity contribution in [2.75, 3.05) is 33.9 Å². The molecule has 2 heterocycles. The van der Waals surface area contributed by atoms with Crippen LogP contribution in [0, 0.1) is 0 Å². The van der Waals surface area contributed by atoms with Gasteiger partial charge in [0.1, 0.15) is 6.04 Å². The van der Waals surface area contributed by atoms with Gasteiger partial charge >= 0.3 is 6.03 Å². The van der Waals surface area contributed by atoms with Crippen LogP contribution in [0.2, 0.25) is 0 Å². The standard InChI is InChI=1S/C22H32N4O5/c1-4-25-11-5-6-16(25)13-23-20(27)10-8-17-21(28)26(22(29)24-17)14-15-7-9-18(30-2)19(12-15)31-3/h7,9,12,16-17H,4-6,8,10-11,13-14H2,1-3H3,(H,23,27)(H,24,29)/t16-,17-/m0/s1. The van der Waals surface area contributed by atoms with E-state index in [1.54, 1.807) is 25.3 Å². The Morgan fingerprint density at radius 2 is 2.00 bits per heavy atom. The quantitative estimate of drug-likeness (QED) is 0.544. The molecule has 170 valence electrons. The van der Waals surface area contributed by atoms with Gasteiger partial charge in [-0.3, -0.25) is 19.4 Å². The molecule has 0 unspecified atom stereocenters. The summed E-state index contributed by atoms with van der Waals surface area (Å²) in [5.74, 6) is 0.694. The van der Waals surface area contributed by atoms with Gasteiger partial charge < -0.3 is 20.1 Å². The van der Waals surface area contributed by atoms with Crippen LogP contribution in [0.15, 0.2) is 18.2 Å². The molecule has 2 N–H and O–H groups in total. The largest absolute Gasteiger partial charge is 0.493 e. The van der Waals surface area contributed by atoms with Gasteiger partial charge in [-0.05, 0) is 50.0 Å². The van der Waals surface area contributed by atoms with Crippen LogP contribution >= 0.6 is 0 Å². The molecule has 2 atom stereocenters. The molecule has 2 aliphatic heterocycles. The van der Waals surface area contributed by atoms with Crippen molar-refractivity contribution < 1.29 is 23.9 Å². The highest BCUT2D eigenvalue weighted by Gasteiger charge is 2.38. The number of hydrogen-bond donors (Lipinski definition) is 2. The zero-order chi connectivity index (χ0) is 22.4. The van der Waals surface area contributed by atoms with Crippen LogP contribution in [-0.4, -0.2) is 73.6 Å². The number of likely N-dealkylation sites (tertiary alicyclic amines) is 1. The number of rotatable bonds is 10. The molecule has 0 radical (unpaired) electrons. The van der Waals surface area contributed by atoms with E-state index in [0.717, 1.165) is 31.5 Å². The third kappa shape index (κ3) is 5.46. The Labute approximate surface area is 183 Å². The number of ether oxygens (including phenoxy) is 2. The first-order valence-electron chi connectivity index (χ1n) is 10.8. The number of likely N-dealkylation sites (N-methyl/N-ethyl adjacent to an activating group) is 1. The summed E-state index contributed by atoms with van der Waals surface area (Å²) in [5.41, 5.74) is 0.747. The van der Waals surface area contributed by atoms with E-state index in [0.29, 0.717) is 24.1 Å². The number of benzene rings is 1. The fraction of sp³-hybridized carbons (Fsp3) is 0.591. The van der Waals surface area contributed by atoms with Crippen molar-refractivity contribution in [3.8, 4) is 11.5 Å². The van der Waals surface area contributed by atoms with E-state index in [1.807, 2.05) is 0 Å². The van der Waals surface area contributed by atoms with Crippen LogP contribution in [0.3, 0.4) is 0 Å². The maximum absolute atomic E-state index is 12.7. The van der Waals surface area contributed by atoms with E-state index >= 15 is 0 Å². The molecule has 0 spiro atoms. The fourth-order valence-electron chi connectivity index (χ4n) is 4.22. The number of nitrogens with one attached hydrogen (secondary N) is 2. The molecule has 9 nitrogen and oxygen atoms in total. The molecule has 31 heavy (non-hydrogen) atoms. The van der Waals surface area contributed by atoms with Gasteiger partial charge in [0.05, 0.1) is 20.8 Å². The van der Waals surface area contributed by atoms with Gasteiger partial charge in [-0.25, -0.2) is 4.79 Å². The second kappa shape index (κ2) is 10.5. The molecule has 3 rings (SSSR count). The number of nitrogens with zero attached hydrogens (tertiary/aromatic N) is 2. The summed E-state index contributed by atoms with van der Waals surface area (Å²) in [5, 5.41) is 5.66. The predicted octanol–water partition coefficient (Wildman–Crippen LogP) is 1.50. The Kier molecular flexibility index (Phi) is 7.73. The average Bonchev–Trinajstić information content (AvgIpc) is 3.35. The SMILES string of the molecule is CCN1CCC[C@H]1CNC(=O)CC[C@@H]1NC(=O)N(Cc2ccc(OC)c(OC)c2)C1=O. The monoisotopic (exact) mass is 432 g/mol. The van der Waals surface area contributed by atoms with Crippen molar-refractivity contribution in [1.82, 2.24) is 20.4 Å². The van der Waals surface area contributed by atoms with E-state index in [1.165, 1.54) is 12.0 Å². The van der Waals surface area contributed by atoms with Gasteiger partial charge in [-0.1, -0.05) is 13.0 Å². The van der Waals surface area contributed by atoms with E-state index in [2.05, 4.69) is 22.5 Å². The van der Waals surface area contributed by atoms with Gasteiger partial charge in [-0.15, -0.1) is 0 Å². The molecule has 0 aliphatic carbocycles. The van der Waals surface area contributed by atoms with Gasteiger partial charge in [-0.2, -0.15) is 0 Å². The second-order valence-electron chi connectivity index (χ2n) is 7.88. The van der Waals surface area contributed by atoms with Crippen LogP contribution in [0.1, 0.15) is 38.2 Å². The van der Waals surface area contributed by atoms with Gasteiger partial charge in [0.25, 0.3) is 5.91 Å². The van der Waals surface area contributed by atoms with Crippen LogP contribution < -0.4 is 20.1 Å². The molecule has 0 saturated carbocycles. The summed E-state index contributed by atoms with van der Waals surface area (Å²) in [4.78, 5) is 40.8. The average molecular weight is 433 g/mol. The molecule has 0 bridgehead atoms. The Hall–Kier alpha value is -2.81. The summed E-state index contributed by atoms with van der Waals surface area (Å²) in [6.45, 7) is 4.95. The first-order chi connectivity index (χ1) is 15.0. The molecule has 2 fully saturated rings. The zero-order valence-electron chi connectivity index (χ0n) is 18.5. The van der Waals surface area contributed by atoms with E-state index in [9.17, 15) is 14.4 Å². The Bertz CT molecular complexity index is 815. The summed E-state index contributed by atoms with van der Waals surface area (Å²) in [7, 11) is 3.08. The lowest BCUT2D eigenvalue weighted by atomic mass is 10.1. The third-order valence-corrected chi connectivity index (χ3v) is 6.00. The molecule has 1 aromatic carbocycles. The third-order valence-electron chi connectivity index (χ3n) is 6.00. The number of amides is 4. The van der Waals surface area contributed by atoms with Crippen molar-refractivity contribution in [3.05, 3.63) is 23.8 Å². The van der Waals surface area contributed by atoms with Gasteiger partial charge in [0.15, 0.2) is 11.5 Å². The molecule has 4 amide bonds. The maximum atomic E-state index is 12.7. The molecular formula is C22H32N4O5. The number of hydrogen-bond acceptors (Lipinski definition) is 6. The minimum Gasteiger partial charge on any atom is -0.493 e. The molecular weight excluding hydrogens is 400 g/mol. The van der Waals surface area contributed by atoms with Crippen molar-refractivity contribution >= 4 is 17.8 Å². The molecule has 1 aromatic rings. The Morgan fingerprint density at radius 3 is 2.71 bits per heavy atom. The number of urea groups is 1. The van der Waals surface area contributed by atoms with E-state index in [4.69, 9.17) is 9.47 Å².